The van der Waals surface area contributed by atoms with Gasteiger partial charge in [0.2, 0.25) is 0 Å². The molecule has 0 spiro atoms. The molecule has 0 saturated heterocycles. The summed E-state index contributed by atoms with van der Waals surface area (Å²) in [5, 5.41) is 21.1. The van der Waals surface area contributed by atoms with Crippen molar-refractivity contribution in [1.29, 1.82) is 0 Å². The third-order valence-corrected chi connectivity index (χ3v) is 2.76. The minimum atomic E-state index is -0.865. The molecule has 0 aliphatic carbocycles. The summed E-state index contributed by atoms with van der Waals surface area (Å²) < 4.78 is 1.63. The van der Waals surface area contributed by atoms with E-state index < -0.39 is 5.97 Å². The Morgan fingerprint density at radius 2 is 2.11 bits per heavy atom. The first-order valence-electron chi connectivity index (χ1n) is 5.55. The van der Waals surface area contributed by atoms with Crippen LogP contribution in [0.1, 0.15) is 22.5 Å². The van der Waals surface area contributed by atoms with Gasteiger partial charge in [0.15, 0.2) is 5.82 Å². The van der Waals surface area contributed by atoms with Gasteiger partial charge in [-0.05, 0) is 32.4 Å². The Morgan fingerprint density at radius 3 is 2.72 bits per heavy atom. The molecule has 2 rings (SSSR count). The lowest BCUT2D eigenvalue weighted by Gasteiger charge is -2.03. The number of carboxylic acids is 1. The van der Waals surface area contributed by atoms with Crippen LogP contribution in [-0.4, -0.2) is 31.1 Å². The molecule has 0 fully saturated rings. The second-order valence-electron chi connectivity index (χ2n) is 4.22. The summed E-state index contributed by atoms with van der Waals surface area (Å²) in [6.07, 6.45) is 1.63. The van der Waals surface area contributed by atoms with Gasteiger partial charge in [0, 0.05) is 11.3 Å². The first kappa shape index (κ1) is 12.2. The number of hydrogen-bond acceptors (Lipinski definition) is 4. The van der Waals surface area contributed by atoms with E-state index in [0.717, 1.165) is 16.8 Å². The summed E-state index contributed by atoms with van der Waals surface area (Å²) in [6.45, 7) is 5.55. The van der Waals surface area contributed by atoms with Crippen LogP contribution in [0, 0.1) is 20.8 Å². The van der Waals surface area contributed by atoms with Crippen molar-refractivity contribution in [1.82, 2.24) is 20.0 Å². The third kappa shape index (κ3) is 2.22. The van der Waals surface area contributed by atoms with Crippen LogP contribution in [-0.2, 0) is 11.2 Å². The van der Waals surface area contributed by atoms with Gasteiger partial charge in [0.1, 0.15) is 0 Å². The molecule has 0 unspecified atom stereocenters. The summed E-state index contributed by atoms with van der Waals surface area (Å²) >= 11 is 0. The van der Waals surface area contributed by atoms with E-state index in [0.29, 0.717) is 11.5 Å². The maximum atomic E-state index is 10.8. The predicted molar refractivity (Wildman–Crippen MR) is 64.7 cm³/mol. The van der Waals surface area contributed by atoms with Crippen molar-refractivity contribution in [2.45, 2.75) is 27.2 Å². The quantitative estimate of drug-likeness (QED) is 0.880. The molecule has 6 nitrogen and oxygen atoms in total. The summed E-state index contributed by atoms with van der Waals surface area (Å²) in [4.78, 5) is 10.8. The second kappa shape index (κ2) is 4.56. The maximum Gasteiger partial charge on any atom is 0.307 e. The number of nitrogens with zero attached hydrogens (tertiary/aromatic N) is 4. The monoisotopic (exact) mass is 246 g/mol. The van der Waals surface area contributed by atoms with Crippen molar-refractivity contribution in [3.05, 3.63) is 34.8 Å². The Morgan fingerprint density at radius 1 is 1.39 bits per heavy atom. The third-order valence-electron chi connectivity index (χ3n) is 2.76. The summed E-state index contributed by atoms with van der Waals surface area (Å²) in [5.74, 6) is -0.261. The number of aliphatic carboxylic acids is 1. The van der Waals surface area contributed by atoms with Gasteiger partial charge >= 0.3 is 5.97 Å². The Kier molecular flexibility index (Phi) is 3.10. The Labute approximate surface area is 104 Å². The predicted octanol–water partition coefficient (Wildman–Crippen LogP) is 1.21. The maximum absolute atomic E-state index is 10.8. The smallest absolute Gasteiger partial charge is 0.307 e. The van der Waals surface area contributed by atoms with E-state index in [1.54, 1.807) is 17.8 Å². The molecule has 0 atom stereocenters. The summed E-state index contributed by atoms with van der Waals surface area (Å²) in [6, 6.07) is 1.86. The van der Waals surface area contributed by atoms with E-state index in [1.165, 1.54) is 0 Å². The van der Waals surface area contributed by atoms with Crippen molar-refractivity contribution >= 4 is 5.97 Å². The zero-order chi connectivity index (χ0) is 13.3. The molecular weight excluding hydrogens is 232 g/mol. The molecule has 0 aliphatic heterocycles. The highest BCUT2D eigenvalue weighted by Crippen LogP contribution is 2.17. The van der Waals surface area contributed by atoms with E-state index in [1.807, 2.05) is 19.9 Å². The van der Waals surface area contributed by atoms with Gasteiger partial charge in [0.25, 0.3) is 0 Å². The number of rotatable bonds is 3. The second-order valence-corrected chi connectivity index (χ2v) is 4.22. The topological polar surface area (TPSA) is 80.9 Å². The van der Waals surface area contributed by atoms with Gasteiger partial charge in [-0.2, -0.15) is 10.2 Å². The molecule has 6 heteroatoms. The molecule has 0 radical (unpaired) electrons. The number of aryl methyl sites for hydroxylation is 2. The minimum Gasteiger partial charge on any atom is -0.481 e. The Balaban J connectivity index is 2.50. The highest BCUT2D eigenvalue weighted by Gasteiger charge is 2.16. The summed E-state index contributed by atoms with van der Waals surface area (Å²) in [7, 11) is 0. The number of hydrogen-bond donors (Lipinski definition) is 1. The fourth-order valence-electron chi connectivity index (χ4n) is 1.86. The van der Waals surface area contributed by atoms with Crippen LogP contribution >= 0.6 is 0 Å². The molecule has 94 valence electrons. The Bertz CT molecular complexity index is 604. The van der Waals surface area contributed by atoms with Gasteiger partial charge in [-0.25, -0.2) is 4.68 Å². The molecule has 0 saturated carbocycles. The molecule has 2 aromatic rings. The lowest BCUT2D eigenvalue weighted by molar-refractivity contribution is -0.136. The van der Waals surface area contributed by atoms with Crippen LogP contribution in [0.5, 0.6) is 0 Å². The highest BCUT2D eigenvalue weighted by molar-refractivity contribution is 5.71. The molecule has 0 bridgehead atoms. The molecule has 0 amide bonds. The molecule has 2 heterocycles. The SMILES string of the molecule is Cc1cnnc(-n2nc(C)c(CC(=O)O)c2C)c1. The highest BCUT2D eigenvalue weighted by atomic mass is 16.4. The average Bonchev–Trinajstić information content (AvgIpc) is 2.56. The number of carbonyl (C=O) groups is 1. The fourth-order valence-corrected chi connectivity index (χ4v) is 1.86. The molecule has 18 heavy (non-hydrogen) atoms. The first-order chi connectivity index (χ1) is 8.49. The van der Waals surface area contributed by atoms with Gasteiger partial charge in [-0.1, -0.05) is 0 Å². The molecule has 2 aromatic heterocycles. The number of aromatic nitrogens is 4. The van der Waals surface area contributed by atoms with Crippen LogP contribution in [0.3, 0.4) is 0 Å². The molecular formula is C12H14N4O2. The zero-order valence-electron chi connectivity index (χ0n) is 10.5. The van der Waals surface area contributed by atoms with E-state index in [4.69, 9.17) is 5.11 Å². The zero-order valence-corrected chi connectivity index (χ0v) is 10.5. The molecule has 1 N–H and O–H groups in total. The van der Waals surface area contributed by atoms with E-state index in [2.05, 4.69) is 15.3 Å². The van der Waals surface area contributed by atoms with Crippen molar-refractivity contribution in [3.63, 3.8) is 0 Å². The number of carboxylic acid groups (broad SMARTS) is 1. The van der Waals surface area contributed by atoms with Crippen molar-refractivity contribution in [2.24, 2.45) is 0 Å². The van der Waals surface area contributed by atoms with Crippen molar-refractivity contribution < 1.29 is 9.90 Å². The molecule has 0 aromatic carbocycles. The van der Waals surface area contributed by atoms with Crippen LogP contribution in [0.25, 0.3) is 5.82 Å². The van der Waals surface area contributed by atoms with Crippen LogP contribution in [0.2, 0.25) is 0 Å². The standard InChI is InChI=1S/C12H14N4O2/c1-7-4-11(14-13-6-7)16-9(3)10(5-12(17)18)8(2)15-16/h4,6H,5H2,1-3H3,(H,17,18). The van der Waals surface area contributed by atoms with E-state index in [9.17, 15) is 4.79 Å². The average molecular weight is 246 g/mol. The minimum absolute atomic E-state index is 0.0308. The normalized spacial score (nSPS) is 10.6. The lowest BCUT2D eigenvalue weighted by Crippen LogP contribution is -2.05. The van der Waals surface area contributed by atoms with Crippen LogP contribution < -0.4 is 0 Å². The van der Waals surface area contributed by atoms with Crippen LogP contribution in [0.15, 0.2) is 12.3 Å². The largest absolute Gasteiger partial charge is 0.481 e. The van der Waals surface area contributed by atoms with Gasteiger partial charge in [0.05, 0.1) is 18.3 Å². The van der Waals surface area contributed by atoms with Crippen molar-refractivity contribution in [3.8, 4) is 5.82 Å². The van der Waals surface area contributed by atoms with Gasteiger partial charge in [-0.3, -0.25) is 4.79 Å². The van der Waals surface area contributed by atoms with Crippen LogP contribution in [0.4, 0.5) is 0 Å². The van der Waals surface area contributed by atoms with E-state index >= 15 is 0 Å². The Hall–Kier alpha value is -2.24. The fraction of sp³-hybridized carbons (Fsp3) is 0.333. The van der Waals surface area contributed by atoms with Gasteiger partial charge in [-0.15, -0.1) is 5.10 Å². The van der Waals surface area contributed by atoms with Crippen molar-refractivity contribution in [2.75, 3.05) is 0 Å². The first-order valence-corrected chi connectivity index (χ1v) is 5.55. The summed E-state index contributed by atoms with van der Waals surface area (Å²) in [5.41, 5.74) is 3.20. The van der Waals surface area contributed by atoms with E-state index in [-0.39, 0.29) is 6.42 Å². The molecule has 0 aliphatic rings. The lowest BCUT2D eigenvalue weighted by atomic mass is 10.1. The van der Waals surface area contributed by atoms with Gasteiger partial charge < -0.3 is 5.11 Å².